The van der Waals surface area contributed by atoms with Crippen LogP contribution < -0.4 is 11.2 Å². The average molecular weight is 421 g/mol. The lowest BCUT2D eigenvalue weighted by Crippen LogP contribution is -2.31. The molecule has 0 bridgehead atoms. The molecular formula is C22H23N5O4. The van der Waals surface area contributed by atoms with Crippen molar-refractivity contribution in [3.05, 3.63) is 68.3 Å². The maximum atomic E-state index is 12.8. The number of aryl methyl sites for hydroxylation is 3. The van der Waals surface area contributed by atoms with E-state index in [1.54, 1.807) is 17.7 Å². The summed E-state index contributed by atoms with van der Waals surface area (Å²) in [7, 11) is 1.66. The van der Waals surface area contributed by atoms with Gasteiger partial charge in [0.2, 0.25) is 0 Å². The zero-order valence-electron chi connectivity index (χ0n) is 17.6. The zero-order chi connectivity index (χ0) is 22.1. The van der Waals surface area contributed by atoms with Crippen LogP contribution in [0.3, 0.4) is 0 Å². The van der Waals surface area contributed by atoms with Crippen LogP contribution in [0.15, 0.2) is 39.9 Å². The number of nitrogens with one attached hydrogen (secondary N) is 1. The summed E-state index contributed by atoms with van der Waals surface area (Å²) in [4.78, 5) is 48.7. The van der Waals surface area contributed by atoms with E-state index in [1.165, 1.54) is 4.57 Å². The summed E-state index contributed by atoms with van der Waals surface area (Å²) < 4.78 is 8.53. The van der Waals surface area contributed by atoms with Crippen molar-refractivity contribution in [1.29, 1.82) is 0 Å². The molecule has 3 heterocycles. The highest BCUT2D eigenvalue weighted by Crippen LogP contribution is 2.20. The Balaban J connectivity index is 1.68. The van der Waals surface area contributed by atoms with Crippen LogP contribution in [0.25, 0.3) is 22.1 Å². The minimum atomic E-state index is -0.518. The Labute approximate surface area is 177 Å². The van der Waals surface area contributed by atoms with Gasteiger partial charge in [-0.25, -0.2) is 14.6 Å². The Morgan fingerprint density at radius 2 is 1.97 bits per heavy atom. The zero-order valence-corrected chi connectivity index (χ0v) is 17.6. The minimum Gasteiger partial charge on any atom is -0.454 e. The highest BCUT2D eigenvalue weighted by atomic mass is 16.5. The van der Waals surface area contributed by atoms with Gasteiger partial charge in [0, 0.05) is 24.7 Å². The van der Waals surface area contributed by atoms with Crippen LogP contribution >= 0.6 is 0 Å². The number of hydrogen-bond acceptors (Lipinski definition) is 6. The molecule has 4 aromatic rings. The van der Waals surface area contributed by atoms with Gasteiger partial charge in [-0.05, 0) is 25.5 Å². The number of rotatable bonds is 6. The molecule has 0 aliphatic heterocycles. The van der Waals surface area contributed by atoms with E-state index in [1.807, 2.05) is 38.1 Å². The van der Waals surface area contributed by atoms with Gasteiger partial charge in [0.1, 0.15) is 12.4 Å². The summed E-state index contributed by atoms with van der Waals surface area (Å²) in [6.45, 7) is 4.14. The fourth-order valence-electron chi connectivity index (χ4n) is 3.63. The lowest BCUT2D eigenvalue weighted by molar-refractivity contribution is 0.0462. The van der Waals surface area contributed by atoms with Crippen LogP contribution in [0.5, 0.6) is 0 Å². The summed E-state index contributed by atoms with van der Waals surface area (Å²) in [6.07, 6.45) is 1.67. The molecule has 0 aliphatic carbocycles. The lowest BCUT2D eigenvalue weighted by atomic mass is 10.1. The summed E-state index contributed by atoms with van der Waals surface area (Å²) >= 11 is 0. The molecule has 0 radical (unpaired) electrons. The van der Waals surface area contributed by atoms with Gasteiger partial charge in [0.25, 0.3) is 5.56 Å². The van der Waals surface area contributed by atoms with E-state index in [2.05, 4.69) is 15.0 Å². The Bertz CT molecular complexity index is 1410. The molecule has 0 unspecified atom stereocenters. The van der Waals surface area contributed by atoms with Crippen molar-refractivity contribution in [2.75, 3.05) is 0 Å². The summed E-state index contributed by atoms with van der Waals surface area (Å²) in [5.41, 5.74) is 1.39. The first-order chi connectivity index (χ1) is 14.9. The van der Waals surface area contributed by atoms with Gasteiger partial charge in [-0.3, -0.25) is 19.3 Å². The third-order valence-corrected chi connectivity index (χ3v) is 5.24. The predicted octanol–water partition coefficient (Wildman–Crippen LogP) is 2.44. The molecule has 31 heavy (non-hydrogen) atoms. The first-order valence-electron chi connectivity index (χ1n) is 10.1. The molecule has 0 saturated heterocycles. The number of benzene rings is 1. The third-order valence-electron chi connectivity index (χ3n) is 5.24. The molecule has 1 aromatic carbocycles. The number of imidazole rings is 1. The SMILES string of the molecule is CCCCn1c(=O)[nH]c(=O)c2c1nc(COC(=O)c1cc(C)nc3ccccc13)n2C. The number of hydrogen-bond donors (Lipinski definition) is 1. The van der Waals surface area contributed by atoms with Gasteiger partial charge in [-0.2, -0.15) is 0 Å². The normalized spacial score (nSPS) is 11.3. The molecule has 3 aromatic heterocycles. The van der Waals surface area contributed by atoms with Crippen molar-refractivity contribution in [3.63, 3.8) is 0 Å². The number of carbonyl (C=O) groups is 1. The largest absolute Gasteiger partial charge is 0.454 e. The Morgan fingerprint density at radius 3 is 2.74 bits per heavy atom. The third kappa shape index (κ3) is 3.74. The van der Waals surface area contributed by atoms with E-state index in [4.69, 9.17) is 4.74 Å². The van der Waals surface area contributed by atoms with Crippen LogP contribution in [0.2, 0.25) is 0 Å². The molecule has 4 rings (SSSR count). The Kier molecular flexibility index (Phi) is 5.41. The second-order valence-electron chi connectivity index (χ2n) is 7.43. The number of aromatic amines is 1. The van der Waals surface area contributed by atoms with Crippen LogP contribution in [0.1, 0.15) is 41.6 Å². The number of H-pyrrole nitrogens is 1. The maximum absolute atomic E-state index is 12.8. The number of unbranched alkanes of at least 4 members (excludes halogenated alkanes) is 1. The fourth-order valence-corrected chi connectivity index (χ4v) is 3.63. The van der Waals surface area contributed by atoms with Crippen molar-refractivity contribution in [2.45, 2.75) is 39.8 Å². The molecule has 1 N–H and O–H groups in total. The topological polar surface area (TPSA) is 112 Å². The molecule has 9 nitrogen and oxygen atoms in total. The van der Waals surface area contributed by atoms with E-state index in [9.17, 15) is 14.4 Å². The standard InChI is InChI=1S/C22H23N5O4/c1-4-5-10-27-19-18(20(28)25-22(27)30)26(3)17(24-19)12-31-21(29)15-11-13(2)23-16-9-7-6-8-14(15)16/h6-9,11H,4-5,10,12H2,1-3H3,(H,25,28,30). The van der Waals surface area contributed by atoms with Crippen LogP contribution in [-0.2, 0) is 24.9 Å². The number of fused-ring (bicyclic) bond motifs is 2. The van der Waals surface area contributed by atoms with E-state index < -0.39 is 17.2 Å². The monoisotopic (exact) mass is 421 g/mol. The number of carbonyl (C=O) groups excluding carboxylic acids is 1. The van der Waals surface area contributed by atoms with Gasteiger partial charge in [0.15, 0.2) is 11.2 Å². The number of aromatic nitrogens is 5. The quantitative estimate of drug-likeness (QED) is 0.479. The number of nitrogens with zero attached hydrogens (tertiary/aromatic N) is 4. The molecule has 0 spiro atoms. The molecule has 0 fully saturated rings. The molecule has 0 amide bonds. The van der Waals surface area contributed by atoms with Crippen molar-refractivity contribution in [2.24, 2.45) is 7.05 Å². The van der Waals surface area contributed by atoms with Gasteiger partial charge in [-0.15, -0.1) is 0 Å². The van der Waals surface area contributed by atoms with Gasteiger partial charge >= 0.3 is 11.7 Å². The fraction of sp³-hybridized carbons (Fsp3) is 0.318. The maximum Gasteiger partial charge on any atom is 0.339 e. The lowest BCUT2D eigenvalue weighted by Gasteiger charge is -2.08. The van der Waals surface area contributed by atoms with Crippen molar-refractivity contribution in [1.82, 2.24) is 24.1 Å². The van der Waals surface area contributed by atoms with Gasteiger partial charge in [-0.1, -0.05) is 31.5 Å². The van der Waals surface area contributed by atoms with Crippen molar-refractivity contribution < 1.29 is 9.53 Å². The number of ether oxygens (including phenoxy) is 1. The smallest absolute Gasteiger partial charge is 0.339 e. The predicted molar refractivity (Wildman–Crippen MR) is 116 cm³/mol. The molecule has 0 aliphatic rings. The number of para-hydroxylation sites is 1. The summed E-state index contributed by atoms with van der Waals surface area (Å²) in [6, 6.07) is 9.04. The second-order valence-corrected chi connectivity index (χ2v) is 7.43. The summed E-state index contributed by atoms with van der Waals surface area (Å²) in [5, 5.41) is 0.702. The first-order valence-corrected chi connectivity index (χ1v) is 10.1. The second kappa shape index (κ2) is 8.17. The van der Waals surface area contributed by atoms with E-state index in [0.29, 0.717) is 40.2 Å². The average Bonchev–Trinajstić information content (AvgIpc) is 3.07. The highest BCUT2D eigenvalue weighted by Gasteiger charge is 2.19. The van der Waals surface area contributed by atoms with E-state index in [0.717, 1.165) is 12.8 Å². The van der Waals surface area contributed by atoms with Crippen LogP contribution in [-0.4, -0.2) is 30.1 Å². The van der Waals surface area contributed by atoms with Crippen LogP contribution in [0.4, 0.5) is 0 Å². The highest BCUT2D eigenvalue weighted by molar-refractivity contribution is 6.03. The molecule has 0 atom stereocenters. The van der Waals surface area contributed by atoms with E-state index >= 15 is 0 Å². The van der Waals surface area contributed by atoms with Gasteiger partial charge in [0.05, 0.1) is 11.1 Å². The number of esters is 1. The van der Waals surface area contributed by atoms with Crippen molar-refractivity contribution in [3.8, 4) is 0 Å². The first kappa shape index (κ1) is 20.5. The Morgan fingerprint density at radius 1 is 1.19 bits per heavy atom. The van der Waals surface area contributed by atoms with Gasteiger partial charge < -0.3 is 9.30 Å². The molecule has 0 saturated carbocycles. The van der Waals surface area contributed by atoms with E-state index in [-0.39, 0.29) is 12.1 Å². The molecule has 9 heteroatoms. The van der Waals surface area contributed by atoms with Crippen LogP contribution in [0, 0.1) is 6.92 Å². The minimum absolute atomic E-state index is 0.138. The Hall–Kier alpha value is -3.75. The molecular weight excluding hydrogens is 398 g/mol. The summed E-state index contributed by atoms with van der Waals surface area (Å²) in [5.74, 6) is -0.133. The molecule has 160 valence electrons. The number of pyridine rings is 1. The van der Waals surface area contributed by atoms with Crippen molar-refractivity contribution >= 4 is 28.0 Å².